The summed E-state index contributed by atoms with van der Waals surface area (Å²) in [5.74, 6) is 1.22. The fourth-order valence-corrected chi connectivity index (χ4v) is 6.08. The van der Waals surface area contributed by atoms with Gasteiger partial charge in [0, 0.05) is 25.2 Å². The van der Waals surface area contributed by atoms with Gasteiger partial charge in [-0.25, -0.2) is 9.97 Å². The van der Waals surface area contributed by atoms with Crippen LogP contribution < -0.4 is 0 Å². The van der Waals surface area contributed by atoms with Gasteiger partial charge in [-0.05, 0) is 50.4 Å². The van der Waals surface area contributed by atoms with E-state index in [-0.39, 0.29) is 23.5 Å². The predicted octanol–water partition coefficient (Wildman–Crippen LogP) is 2.68. The molecule has 2 amide bonds. The molecule has 0 N–H and O–H groups in total. The lowest BCUT2D eigenvalue weighted by atomic mass is 9.85. The van der Waals surface area contributed by atoms with Gasteiger partial charge >= 0.3 is 0 Å². The quantitative estimate of drug-likeness (QED) is 0.784. The second kappa shape index (κ2) is 7.41. The lowest BCUT2D eigenvalue weighted by Gasteiger charge is -2.31. The third-order valence-electron chi connectivity index (χ3n) is 7.50. The molecule has 4 fully saturated rings. The van der Waals surface area contributed by atoms with Crippen LogP contribution >= 0.6 is 0 Å². The summed E-state index contributed by atoms with van der Waals surface area (Å²) in [6, 6.07) is 0.637. The highest BCUT2D eigenvalue weighted by atomic mass is 16.2. The van der Waals surface area contributed by atoms with Crippen molar-refractivity contribution in [1.82, 2.24) is 24.8 Å². The molecule has 28 heavy (non-hydrogen) atoms. The molecule has 0 spiro atoms. The van der Waals surface area contributed by atoms with Crippen molar-refractivity contribution in [3.63, 3.8) is 0 Å². The molecule has 1 aromatic heterocycles. The number of carbonyl (C=O) groups excluding carboxylic acids is 2. The Morgan fingerprint density at radius 2 is 1.18 bits per heavy atom. The highest BCUT2D eigenvalue weighted by Gasteiger charge is 2.41. The Balaban J connectivity index is 1.33. The number of aromatic nitrogens is 3. The molecule has 2 aliphatic heterocycles. The van der Waals surface area contributed by atoms with Crippen molar-refractivity contribution in [2.24, 2.45) is 11.8 Å². The zero-order valence-electron chi connectivity index (χ0n) is 16.4. The van der Waals surface area contributed by atoms with Gasteiger partial charge in [-0.2, -0.15) is 4.98 Å². The van der Waals surface area contributed by atoms with Gasteiger partial charge in [0.1, 0.15) is 6.33 Å². The Hall–Kier alpha value is -2.05. The molecule has 5 rings (SSSR count). The van der Waals surface area contributed by atoms with Crippen LogP contribution in [0.1, 0.15) is 85.4 Å². The first-order valence-electron chi connectivity index (χ1n) is 11.0. The molecule has 1 aromatic rings. The van der Waals surface area contributed by atoms with E-state index in [4.69, 9.17) is 0 Å². The summed E-state index contributed by atoms with van der Waals surface area (Å²) in [5.41, 5.74) is 0. The number of hydrogen-bond acceptors (Lipinski definition) is 5. The van der Waals surface area contributed by atoms with Crippen molar-refractivity contribution >= 4 is 11.8 Å². The summed E-state index contributed by atoms with van der Waals surface area (Å²) in [6.45, 7) is 1.55. The number of amides is 2. The Labute approximate surface area is 165 Å². The lowest BCUT2D eigenvalue weighted by molar-refractivity contribution is 0.0666. The molecular weight excluding hydrogens is 354 g/mol. The Morgan fingerprint density at radius 1 is 0.714 bits per heavy atom. The second-order valence-corrected chi connectivity index (χ2v) is 8.93. The topological polar surface area (TPSA) is 79.3 Å². The SMILES string of the molecule is O=C(c1ncnc(C(=O)N2CCC3CCCCC32)n1)N1CCC2CCCCC21. The van der Waals surface area contributed by atoms with E-state index in [0.717, 1.165) is 38.8 Å². The number of fused-ring (bicyclic) bond motifs is 2. The summed E-state index contributed by atoms with van der Waals surface area (Å²) in [4.78, 5) is 42.6. The van der Waals surface area contributed by atoms with Crippen LogP contribution in [0.25, 0.3) is 0 Å². The van der Waals surface area contributed by atoms with Crippen molar-refractivity contribution in [2.45, 2.75) is 76.3 Å². The molecular formula is C21H29N5O2. The summed E-state index contributed by atoms with van der Waals surface area (Å²) < 4.78 is 0. The summed E-state index contributed by atoms with van der Waals surface area (Å²) in [6.07, 6.45) is 13.0. The summed E-state index contributed by atoms with van der Waals surface area (Å²) >= 11 is 0. The molecule has 2 saturated carbocycles. The van der Waals surface area contributed by atoms with Crippen LogP contribution in [-0.4, -0.2) is 61.7 Å². The second-order valence-electron chi connectivity index (χ2n) is 8.93. The molecule has 4 unspecified atom stereocenters. The highest BCUT2D eigenvalue weighted by Crippen LogP contribution is 2.37. The van der Waals surface area contributed by atoms with Gasteiger partial charge in [0.05, 0.1) is 0 Å². The highest BCUT2D eigenvalue weighted by molar-refractivity contribution is 5.94. The molecule has 4 atom stereocenters. The van der Waals surface area contributed by atoms with Gasteiger partial charge in [-0.3, -0.25) is 9.59 Å². The number of carbonyl (C=O) groups is 2. The normalized spacial score (nSPS) is 32.1. The van der Waals surface area contributed by atoms with Crippen molar-refractivity contribution in [3.8, 4) is 0 Å². The van der Waals surface area contributed by atoms with Crippen molar-refractivity contribution in [3.05, 3.63) is 18.0 Å². The molecule has 3 heterocycles. The fraction of sp³-hybridized carbons (Fsp3) is 0.762. The smallest absolute Gasteiger partial charge is 0.292 e. The van der Waals surface area contributed by atoms with E-state index in [1.807, 2.05) is 9.80 Å². The van der Waals surface area contributed by atoms with Gasteiger partial charge in [0.25, 0.3) is 11.8 Å². The van der Waals surface area contributed by atoms with Crippen LogP contribution in [0.4, 0.5) is 0 Å². The van der Waals surface area contributed by atoms with E-state index in [1.165, 1.54) is 44.9 Å². The number of hydrogen-bond donors (Lipinski definition) is 0. The minimum atomic E-state index is -0.136. The third-order valence-corrected chi connectivity index (χ3v) is 7.50. The average Bonchev–Trinajstić information content (AvgIpc) is 3.37. The molecule has 150 valence electrons. The van der Waals surface area contributed by atoms with Crippen LogP contribution in [0, 0.1) is 11.8 Å². The minimum Gasteiger partial charge on any atom is -0.333 e. The molecule has 4 aliphatic rings. The molecule has 2 aliphatic carbocycles. The van der Waals surface area contributed by atoms with Crippen molar-refractivity contribution < 1.29 is 9.59 Å². The molecule has 7 heteroatoms. The van der Waals surface area contributed by atoms with E-state index in [0.29, 0.717) is 23.9 Å². The third kappa shape index (κ3) is 3.08. The standard InChI is InChI=1S/C21H29N5O2/c27-20(25-11-9-14-5-1-3-7-16(14)25)18-22-13-23-19(24-18)21(28)26-12-10-15-6-2-4-8-17(15)26/h13-17H,1-12H2. The van der Waals surface area contributed by atoms with Gasteiger partial charge in [-0.1, -0.05) is 25.7 Å². The molecule has 7 nitrogen and oxygen atoms in total. The first kappa shape index (κ1) is 18.0. The molecule has 0 bridgehead atoms. The Kier molecular flexibility index (Phi) is 4.77. The molecule has 0 aromatic carbocycles. The zero-order chi connectivity index (χ0) is 19.1. The van der Waals surface area contributed by atoms with Crippen LogP contribution in [-0.2, 0) is 0 Å². The van der Waals surface area contributed by atoms with E-state index < -0.39 is 0 Å². The minimum absolute atomic E-state index is 0.129. The maximum Gasteiger partial charge on any atom is 0.292 e. The number of likely N-dealkylation sites (tertiary alicyclic amines) is 2. The van der Waals surface area contributed by atoms with Gasteiger partial charge in [-0.15, -0.1) is 0 Å². The van der Waals surface area contributed by atoms with Gasteiger partial charge in [0.15, 0.2) is 0 Å². The van der Waals surface area contributed by atoms with E-state index in [9.17, 15) is 9.59 Å². The van der Waals surface area contributed by atoms with Crippen LogP contribution in [0.3, 0.4) is 0 Å². The molecule has 0 radical (unpaired) electrons. The van der Waals surface area contributed by atoms with E-state index in [2.05, 4.69) is 15.0 Å². The zero-order valence-corrected chi connectivity index (χ0v) is 16.4. The van der Waals surface area contributed by atoms with Crippen LogP contribution in [0.2, 0.25) is 0 Å². The Morgan fingerprint density at radius 3 is 1.68 bits per heavy atom. The fourth-order valence-electron chi connectivity index (χ4n) is 6.08. The number of nitrogens with zero attached hydrogens (tertiary/aromatic N) is 5. The lowest BCUT2D eigenvalue weighted by Crippen LogP contribution is -2.41. The van der Waals surface area contributed by atoms with Gasteiger partial charge < -0.3 is 9.80 Å². The maximum absolute atomic E-state index is 13.1. The summed E-state index contributed by atoms with van der Waals surface area (Å²) in [7, 11) is 0. The van der Waals surface area contributed by atoms with E-state index in [1.54, 1.807) is 0 Å². The largest absolute Gasteiger partial charge is 0.333 e. The molecule has 2 saturated heterocycles. The monoisotopic (exact) mass is 383 g/mol. The maximum atomic E-state index is 13.1. The number of rotatable bonds is 2. The predicted molar refractivity (Wildman–Crippen MR) is 103 cm³/mol. The van der Waals surface area contributed by atoms with Crippen LogP contribution in [0.15, 0.2) is 6.33 Å². The average molecular weight is 383 g/mol. The first-order chi connectivity index (χ1) is 13.7. The van der Waals surface area contributed by atoms with Crippen molar-refractivity contribution in [1.29, 1.82) is 0 Å². The Bertz CT molecular complexity index is 710. The van der Waals surface area contributed by atoms with Crippen molar-refractivity contribution in [2.75, 3.05) is 13.1 Å². The van der Waals surface area contributed by atoms with Gasteiger partial charge in [0.2, 0.25) is 11.6 Å². The first-order valence-corrected chi connectivity index (χ1v) is 11.0. The summed E-state index contributed by atoms with van der Waals surface area (Å²) in [5, 5.41) is 0. The van der Waals surface area contributed by atoms with Crippen LogP contribution in [0.5, 0.6) is 0 Å². The van der Waals surface area contributed by atoms with E-state index >= 15 is 0 Å².